The van der Waals surface area contributed by atoms with E-state index in [0.29, 0.717) is 19.6 Å². The van der Waals surface area contributed by atoms with E-state index in [1.54, 1.807) is 4.90 Å². The lowest BCUT2D eigenvalue weighted by Crippen LogP contribution is -2.30. The van der Waals surface area contributed by atoms with Gasteiger partial charge in [-0.05, 0) is 31.5 Å². The molecule has 0 spiro atoms. The van der Waals surface area contributed by atoms with E-state index in [2.05, 4.69) is 0 Å². The molecular weight excluding hydrogens is 288 g/mol. The molecule has 0 fully saturated rings. The van der Waals surface area contributed by atoms with Gasteiger partial charge in [-0.3, -0.25) is 4.79 Å². The molecule has 0 heterocycles. The van der Waals surface area contributed by atoms with Gasteiger partial charge in [0, 0.05) is 13.5 Å². The molecule has 4 nitrogen and oxygen atoms in total. The van der Waals surface area contributed by atoms with E-state index in [-0.39, 0.29) is 18.3 Å². The van der Waals surface area contributed by atoms with Gasteiger partial charge in [0.2, 0.25) is 5.91 Å². The second-order valence-corrected chi connectivity index (χ2v) is 4.93. The molecule has 0 atom stereocenters. The third-order valence-electron chi connectivity index (χ3n) is 3.21. The Kier molecular flexibility index (Phi) is 11.7. The van der Waals surface area contributed by atoms with Gasteiger partial charge >= 0.3 is 0 Å². The third-order valence-corrected chi connectivity index (χ3v) is 3.21. The number of benzene rings is 1. The minimum atomic E-state index is 0. The van der Waals surface area contributed by atoms with Gasteiger partial charge in [0.1, 0.15) is 12.4 Å². The summed E-state index contributed by atoms with van der Waals surface area (Å²) < 4.78 is 5.58. The number of carbonyl (C=O) groups is 1. The maximum Gasteiger partial charge on any atom is 0.222 e. The summed E-state index contributed by atoms with van der Waals surface area (Å²) in [5.74, 6) is 1.03. The van der Waals surface area contributed by atoms with Crippen LogP contribution in [-0.2, 0) is 4.79 Å². The fourth-order valence-corrected chi connectivity index (χ4v) is 1.91. The molecule has 1 amide bonds. The smallest absolute Gasteiger partial charge is 0.222 e. The van der Waals surface area contributed by atoms with Crippen LogP contribution in [0.5, 0.6) is 5.75 Å². The summed E-state index contributed by atoms with van der Waals surface area (Å²) in [6, 6.07) is 9.66. The number of amides is 1. The Bertz CT molecular complexity index is 374. The number of rotatable bonds is 10. The molecule has 0 unspecified atom stereocenters. The summed E-state index contributed by atoms with van der Waals surface area (Å²) in [5, 5.41) is 0. The summed E-state index contributed by atoms with van der Waals surface area (Å²) in [7, 11) is 1.83. The van der Waals surface area contributed by atoms with Gasteiger partial charge in [-0.25, -0.2) is 0 Å². The first-order chi connectivity index (χ1) is 9.74. The van der Waals surface area contributed by atoms with E-state index in [4.69, 9.17) is 10.5 Å². The van der Waals surface area contributed by atoms with E-state index < -0.39 is 0 Å². The van der Waals surface area contributed by atoms with E-state index in [0.717, 1.165) is 38.0 Å². The van der Waals surface area contributed by atoms with Crippen LogP contribution < -0.4 is 10.5 Å². The lowest BCUT2D eigenvalue weighted by atomic mass is 10.1. The summed E-state index contributed by atoms with van der Waals surface area (Å²) in [6.45, 7) is 1.89. The average Bonchev–Trinajstić information content (AvgIpc) is 2.47. The molecule has 21 heavy (non-hydrogen) atoms. The zero-order chi connectivity index (χ0) is 14.6. The molecule has 0 bridgehead atoms. The van der Waals surface area contributed by atoms with Crippen molar-refractivity contribution in [3.8, 4) is 5.75 Å². The van der Waals surface area contributed by atoms with Crippen molar-refractivity contribution < 1.29 is 9.53 Å². The standard InChI is InChI=1S/C16H26N2O2.ClH/c1-18(16(19)11-7-2-3-8-12-17)13-14-20-15-9-5-4-6-10-15;/h4-6,9-10H,2-3,7-8,11-14,17H2,1H3;1H. The monoisotopic (exact) mass is 314 g/mol. The first-order valence-electron chi connectivity index (χ1n) is 7.36. The number of halogens is 1. The van der Waals surface area contributed by atoms with Crippen LogP contribution in [0.15, 0.2) is 30.3 Å². The van der Waals surface area contributed by atoms with E-state index >= 15 is 0 Å². The molecule has 1 rings (SSSR count). The number of ether oxygens (including phenoxy) is 1. The molecule has 0 aliphatic carbocycles. The van der Waals surface area contributed by atoms with Crippen molar-refractivity contribution in [1.82, 2.24) is 4.90 Å². The highest BCUT2D eigenvalue weighted by molar-refractivity contribution is 5.85. The Morgan fingerprint density at radius 1 is 1.14 bits per heavy atom. The minimum Gasteiger partial charge on any atom is -0.492 e. The van der Waals surface area contributed by atoms with Gasteiger partial charge in [-0.2, -0.15) is 0 Å². The second-order valence-electron chi connectivity index (χ2n) is 4.93. The molecule has 1 aromatic rings. The first kappa shape index (κ1) is 19.7. The predicted octanol–water partition coefficient (Wildman–Crippen LogP) is 2.85. The highest BCUT2D eigenvalue weighted by Crippen LogP contribution is 2.08. The van der Waals surface area contributed by atoms with Crippen LogP contribution in [0.1, 0.15) is 32.1 Å². The lowest BCUT2D eigenvalue weighted by molar-refractivity contribution is -0.130. The normalized spacial score (nSPS) is 9.81. The molecule has 2 N–H and O–H groups in total. The molecule has 0 aromatic heterocycles. The maximum atomic E-state index is 11.9. The fraction of sp³-hybridized carbons (Fsp3) is 0.562. The Morgan fingerprint density at radius 2 is 1.81 bits per heavy atom. The lowest BCUT2D eigenvalue weighted by Gasteiger charge is -2.17. The van der Waals surface area contributed by atoms with Crippen LogP contribution in [0, 0.1) is 0 Å². The van der Waals surface area contributed by atoms with E-state index in [1.807, 2.05) is 37.4 Å². The minimum absolute atomic E-state index is 0. The zero-order valence-corrected chi connectivity index (χ0v) is 13.6. The topological polar surface area (TPSA) is 55.6 Å². The number of para-hydroxylation sites is 1. The molecule has 0 saturated heterocycles. The van der Waals surface area contributed by atoms with Crippen LogP contribution in [0.2, 0.25) is 0 Å². The van der Waals surface area contributed by atoms with Crippen molar-refractivity contribution in [2.45, 2.75) is 32.1 Å². The molecule has 0 radical (unpaired) electrons. The summed E-state index contributed by atoms with van der Waals surface area (Å²) in [6.07, 6.45) is 4.81. The largest absolute Gasteiger partial charge is 0.492 e. The van der Waals surface area contributed by atoms with Crippen LogP contribution in [-0.4, -0.2) is 37.6 Å². The maximum absolute atomic E-state index is 11.9. The number of hydrogen-bond donors (Lipinski definition) is 1. The summed E-state index contributed by atoms with van der Waals surface area (Å²) in [4.78, 5) is 13.6. The molecule has 1 aromatic carbocycles. The van der Waals surface area contributed by atoms with Crippen molar-refractivity contribution >= 4 is 18.3 Å². The van der Waals surface area contributed by atoms with Gasteiger partial charge in [0.25, 0.3) is 0 Å². The van der Waals surface area contributed by atoms with Gasteiger partial charge in [0.15, 0.2) is 0 Å². The molecule has 5 heteroatoms. The molecule has 120 valence electrons. The van der Waals surface area contributed by atoms with Crippen LogP contribution >= 0.6 is 12.4 Å². The van der Waals surface area contributed by atoms with Gasteiger partial charge in [0.05, 0.1) is 6.54 Å². The van der Waals surface area contributed by atoms with Gasteiger partial charge < -0.3 is 15.4 Å². The molecule has 0 aliphatic rings. The van der Waals surface area contributed by atoms with Gasteiger partial charge in [-0.15, -0.1) is 12.4 Å². The van der Waals surface area contributed by atoms with E-state index in [1.165, 1.54) is 0 Å². The van der Waals surface area contributed by atoms with E-state index in [9.17, 15) is 4.79 Å². The Morgan fingerprint density at radius 3 is 2.48 bits per heavy atom. The highest BCUT2D eigenvalue weighted by atomic mass is 35.5. The van der Waals surface area contributed by atoms with Crippen molar-refractivity contribution in [2.75, 3.05) is 26.7 Å². The van der Waals surface area contributed by atoms with Crippen LogP contribution in [0.4, 0.5) is 0 Å². The quantitative estimate of drug-likeness (QED) is 0.676. The van der Waals surface area contributed by atoms with Gasteiger partial charge in [-0.1, -0.05) is 31.0 Å². The third kappa shape index (κ3) is 9.32. The fourth-order valence-electron chi connectivity index (χ4n) is 1.91. The Balaban J connectivity index is 0.00000400. The number of unbranched alkanes of at least 4 members (excludes halogenated alkanes) is 3. The second kappa shape index (κ2) is 12.5. The van der Waals surface area contributed by atoms with Crippen molar-refractivity contribution in [3.63, 3.8) is 0 Å². The average molecular weight is 315 g/mol. The molecule has 0 aliphatic heterocycles. The summed E-state index contributed by atoms with van der Waals surface area (Å²) >= 11 is 0. The predicted molar refractivity (Wildman–Crippen MR) is 89.0 cm³/mol. The number of carbonyl (C=O) groups excluding carboxylic acids is 1. The Hall–Kier alpha value is -1.26. The van der Waals surface area contributed by atoms with Crippen molar-refractivity contribution in [1.29, 1.82) is 0 Å². The molecular formula is C16H27ClN2O2. The SMILES string of the molecule is CN(CCOc1ccccc1)C(=O)CCCCCCN.Cl. The number of likely N-dealkylation sites (N-methyl/N-ethyl adjacent to an activating group) is 1. The zero-order valence-electron chi connectivity index (χ0n) is 12.8. The Labute approximate surface area is 134 Å². The highest BCUT2D eigenvalue weighted by Gasteiger charge is 2.07. The molecule has 0 saturated carbocycles. The summed E-state index contributed by atoms with van der Waals surface area (Å²) in [5.41, 5.74) is 5.43. The first-order valence-corrected chi connectivity index (χ1v) is 7.36. The van der Waals surface area contributed by atoms with Crippen LogP contribution in [0.25, 0.3) is 0 Å². The number of nitrogens with two attached hydrogens (primary N) is 1. The number of hydrogen-bond acceptors (Lipinski definition) is 3. The number of nitrogens with zero attached hydrogens (tertiary/aromatic N) is 1. The van der Waals surface area contributed by atoms with Crippen LogP contribution in [0.3, 0.4) is 0 Å². The van der Waals surface area contributed by atoms with Crippen molar-refractivity contribution in [2.24, 2.45) is 5.73 Å². The van der Waals surface area contributed by atoms with Crippen molar-refractivity contribution in [3.05, 3.63) is 30.3 Å².